The fourth-order valence-electron chi connectivity index (χ4n) is 3.63. The maximum absolute atomic E-state index is 13.1. The SMILES string of the molecule is CCN1C(=O)c2ccccc2Sc2ccc(NC(=O)NC[C@@H](C)c3ccccc3)cc21. The second-order valence-electron chi connectivity index (χ2n) is 7.48. The molecule has 1 aliphatic heterocycles. The molecule has 0 radical (unpaired) electrons. The van der Waals surface area contributed by atoms with Crippen LogP contribution in [0.15, 0.2) is 82.6 Å². The van der Waals surface area contributed by atoms with Crippen LogP contribution in [0, 0.1) is 0 Å². The number of carbonyl (C=O) groups excluding carboxylic acids is 2. The quantitative estimate of drug-likeness (QED) is 0.541. The van der Waals surface area contributed by atoms with Gasteiger partial charge in [-0.1, -0.05) is 61.2 Å². The van der Waals surface area contributed by atoms with Gasteiger partial charge >= 0.3 is 6.03 Å². The molecule has 0 aromatic heterocycles. The molecule has 0 aliphatic carbocycles. The van der Waals surface area contributed by atoms with Crippen LogP contribution in [0.3, 0.4) is 0 Å². The van der Waals surface area contributed by atoms with E-state index in [0.717, 1.165) is 15.5 Å². The maximum Gasteiger partial charge on any atom is 0.319 e. The Morgan fingerprint density at radius 3 is 2.52 bits per heavy atom. The van der Waals surface area contributed by atoms with Crippen LogP contribution in [-0.2, 0) is 0 Å². The van der Waals surface area contributed by atoms with E-state index in [0.29, 0.717) is 24.3 Å². The summed E-state index contributed by atoms with van der Waals surface area (Å²) in [5, 5.41) is 5.84. The van der Waals surface area contributed by atoms with Gasteiger partial charge in [0.15, 0.2) is 0 Å². The largest absolute Gasteiger partial charge is 0.337 e. The Morgan fingerprint density at radius 2 is 1.74 bits per heavy atom. The summed E-state index contributed by atoms with van der Waals surface area (Å²) < 4.78 is 0. The number of nitrogens with one attached hydrogen (secondary N) is 2. The third kappa shape index (κ3) is 4.59. The Hall–Kier alpha value is -3.25. The lowest BCUT2D eigenvalue weighted by molar-refractivity contribution is 0.0985. The zero-order chi connectivity index (χ0) is 21.8. The standard InChI is InChI=1S/C25H25N3O2S/c1-3-28-21-15-19(27-25(30)26-16-17(2)18-9-5-4-6-10-18)13-14-23(21)31-22-12-8-7-11-20(22)24(28)29/h4-15,17H,3,16H2,1-2H3,(H2,26,27,30)/t17-/m1/s1. The van der Waals surface area contributed by atoms with Crippen LogP contribution in [-0.4, -0.2) is 25.0 Å². The van der Waals surface area contributed by atoms with Gasteiger partial charge in [0, 0.05) is 28.6 Å². The highest BCUT2D eigenvalue weighted by molar-refractivity contribution is 7.99. The van der Waals surface area contributed by atoms with Gasteiger partial charge in [0.2, 0.25) is 0 Å². The van der Waals surface area contributed by atoms with Gasteiger partial charge in [-0.25, -0.2) is 4.79 Å². The summed E-state index contributed by atoms with van der Waals surface area (Å²) in [5.74, 6) is 0.185. The van der Waals surface area contributed by atoms with Crippen LogP contribution in [0.25, 0.3) is 0 Å². The molecule has 3 amide bonds. The lowest BCUT2D eigenvalue weighted by atomic mass is 10.0. The lowest BCUT2D eigenvalue weighted by Crippen LogP contribution is -2.32. The van der Waals surface area contributed by atoms with Gasteiger partial charge in [0.05, 0.1) is 11.3 Å². The molecule has 0 spiro atoms. The first-order valence-electron chi connectivity index (χ1n) is 10.4. The molecule has 5 nitrogen and oxygen atoms in total. The summed E-state index contributed by atoms with van der Waals surface area (Å²) in [6, 6.07) is 23.2. The Morgan fingerprint density at radius 1 is 1.00 bits per heavy atom. The molecule has 2 N–H and O–H groups in total. The molecular formula is C25H25N3O2S. The first-order chi connectivity index (χ1) is 15.1. The number of carbonyl (C=O) groups is 2. The average Bonchev–Trinajstić information content (AvgIpc) is 2.91. The molecule has 0 fully saturated rings. The second-order valence-corrected chi connectivity index (χ2v) is 8.56. The summed E-state index contributed by atoms with van der Waals surface area (Å²) in [6.07, 6.45) is 0. The Balaban J connectivity index is 1.48. The molecule has 1 aliphatic rings. The number of urea groups is 1. The topological polar surface area (TPSA) is 61.4 Å². The van der Waals surface area contributed by atoms with Crippen LogP contribution in [0.1, 0.15) is 35.7 Å². The van der Waals surface area contributed by atoms with Crippen LogP contribution in [0.4, 0.5) is 16.2 Å². The number of hydrogen-bond donors (Lipinski definition) is 2. The van der Waals surface area contributed by atoms with E-state index in [4.69, 9.17) is 0 Å². The summed E-state index contributed by atoms with van der Waals surface area (Å²) in [7, 11) is 0. The van der Waals surface area contributed by atoms with Crippen molar-refractivity contribution in [2.24, 2.45) is 0 Å². The van der Waals surface area contributed by atoms with E-state index in [9.17, 15) is 9.59 Å². The first kappa shape index (κ1) is 21.0. The summed E-state index contributed by atoms with van der Waals surface area (Å²) in [5.41, 5.74) is 3.35. The van der Waals surface area contributed by atoms with Gasteiger partial charge in [0.1, 0.15) is 0 Å². The van der Waals surface area contributed by atoms with Crippen molar-refractivity contribution in [2.75, 3.05) is 23.3 Å². The minimum absolute atomic E-state index is 0.0253. The third-order valence-electron chi connectivity index (χ3n) is 5.34. The number of anilines is 2. The molecular weight excluding hydrogens is 406 g/mol. The number of nitrogens with zero attached hydrogens (tertiary/aromatic N) is 1. The number of amides is 3. The van der Waals surface area contributed by atoms with Crippen molar-refractivity contribution in [1.82, 2.24) is 5.32 Å². The van der Waals surface area contributed by atoms with Crippen molar-refractivity contribution in [3.05, 3.63) is 83.9 Å². The molecule has 0 saturated heterocycles. The van der Waals surface area contributed by atoms with Gasteiger partial charge in [-0.3, -0.25) is 4.79 Å². The predicted octanol–water partition coefficient (Wildman–Crippen LogP) is 5.74. The van der Waals surface area contributed by atoms with Crippen molar-refractivity contribution in [3.63, 3.8) is 0 Å². The highest BCUT2D eigenvalue weighted by Gasteiger charge is 2.26. The minimum atomic E-state index is -0.262. The van der Waals surface area contributed by atoms with Gasteiger partial charge in [0.25, 0.3) is 5.91 Å². The number of fused-ring (bicyclic) bond motifs is 2. The highest BCUT2D eigenvalue weighted by atomic mass is 32.2. The molecule has 0 unspecified atom stereocenters. The summed E-state index contributed by atoms with van der Waals surface area (Å²) in [6.45, 7) is 5.12. The van der Waals surface area contributed by atoms with E-state index in [1.54, 1.807) is 16.7 Å². The van der Waals surface area contributed by atoms with E-state index in [1.807, 2.05) is 67.6 Å². The maximum atomic E-state index is 13.1. The molecule has 6 heteroatoms. The second kappa shape index (κ2) is 9.27. The molecule has 1 atom stereocenters. The zero-order valence-corrected chi connectivity index (χ0v) is 18.4. The van der Waals surface area contributed by atoms with Crippen molar-refractivity contribution in [2.45, 2.75) is 29.6 Å². The van der Waals surface area contributed by atoms with Crippen molar-refractivity contribution in [3.8, 4) is 0 Å². The van der Waals surface area contributed by atoms with E-state index in [-0.39, 0.29) is 17.9 Å². The monoisotopic (exact) mass is 431 g/mol. The molecule has 31 heavy (non-hydrogen) atoms. The minimum Gasteiger partial charge on any atom is -0.337 e. The van der Waals surface area contributed by atoms with Crippen LogP contribution in [0.5, 0.6) is 0 Å². The zero-order valence-electron chi connectivity index (χ0n) is 17.6. The van der Waals surface area contributed by atoms with Crippen LogP contribution < -0.4 is 15.5 Å². The smallest absolute Gasteiger partial charge is 0.319 e. The lowest BCUT2D eigenvalue weighted by Gasteiger charge is -2.22. The fourth-order valence-corrected chi connectivity index (χ4v) is 4.69. The van der Waals surface area contributed by atoms with Gasteiger partial charge in [-0.15, -0.1) is 0 Å². The number of hydrogen-bond acceptors (Lipinski definition) is 3. The van der Waals surface area contributed by atoms with E-state index in [2.05, 4.69) is 29.7 Å². The molecule has 3 aromatic carbocycles. The van der Waals surface area contributed by atoms with E-state index in [1.165, 1.54) is 5.56 Å². The van der Waals surface area contributed by atoms with Crippen LogP contribution in [0.2, 0.25) is 0 Å². The number of benzene rings is 3. The van der Waals surface area contributed by atoms with Gasteiger partial charge in [-0.05, 0) is 48.7 Å². The van der Waals surface area contributed by atoms with Crippen molar-refractivity contribution in [1.29, 1.82) is 0 Å². The molecule has 158 valence electrons. The average molecular weight is 432 g/mol. The predicted molar refractivity (Wildman–Crippen MR) is 126 cm³/mol. The van der Waals surface area contributed by atoms with Crippen molar-refractivity contribution >= 4 is 35.1 Å². The molecule has 4 rings (SSSR count). The Labute approximate surface area is 186 Å². The van der Waals surface area contributed by atoms with Crippen molar-refractivity contribution < 1.29 is 9.59 Å². The normalized spacial score (nSPS) is 13.6. The summed E-state index contributed by atoms with van der Waals surface area (Å²) in [4.78, 5) is 29.3. The molecule has 0 bridgehead atoms. The Bertz CT molecular complexity index is 1100. The molecule has 1 heterocycles. The number of rotatable bonds is 5. The highest BCUT2D eigenvalue weighted by Crippen LogP contribution is 2.42. The summed E-state index contributed by atoms with van der Waals surface area (Å²) >= 11 is 1.57. The Kier molecular flexibility index (Phi) is 6.28. The fraction of sp³-hybridized carbons (Fsp3) is 0.200. The molecule has 0 saturated carbocycles. The first-order valence-corrected chi connectivity index (χ1v) is 11.2. The van der Waals surface area contributed by atoms with Gasteiger partial charge < -0.3 is 15.5 Å². The van der Waals surface area contributed by atoms with E-state index >= 15 is 0 Å². The van der Waals surface area contributed by atoms with E-state index < -0.39 is 0 Å². The van der Waals surface area contributed by atoms with Crippen LogP contribution >= 0.6 is 11.8 Å². The van der Waals surface area contributed by atoms with Gasteiger partial charge in [-0.2, -0.15) is 0 Å². The third-order valence-corrected chi connectivity index (χ3v) is 6.48. The molecule has 3 aromatic rings.